The van der Waals surface area contributed by atoms with Gasteiger partial charge in [-0.15, -0.1) is 0 Å². The van der Waals surface area contributed by atoms with Gasteiger partial charge in [-0.2, -0.15) is 0 Å². The third-order valence-electron chi connectivity index (χ3n) is 4.16. The molecule has 0 spiro atoms. The fourth-order valence-corrected chi connectivity index (χ4v) is 2.55. The lowest BCUT2D eigenvalue weighted by molar-refractivity contribution is -0.0662. The molecule has 0 aromatic carbocycles. The van der Waals surface area contributed by atoms with Gasteiger partial charge in [-0.1, -0.05) is 20.8 Å². The van der Waals surface area contributed by atoms with Gasteiger partial charge in [-0.05, 0) is 30.6 Å². The Hall–Kier alpha value is -0.0800. The van der Waals surface area contributed by atoms with E-state index in [1.165, 1.54) is 12.8 Å². The van der Waals surface area contributed by atoms with Crippen molar-refractivity contribution in [2.45, 2.75) is 39.7 Å². The maximum absolute atomic E-state index is 5.88. The molecule has 88 valence electrons. The Balaban J connectivity index is 1.71. The molecule has 0 aromatic heterocycles. The van der Waals surface area contributed by atoms with Gasteiger partial charge in [0.05, 0.1) is 25.9 Å². The second-order valence-electron chi connectivity index (χ2n) is 5.71. The first-order valence-electron chi connectivity index (χ1n) is 6.36. The van der Waals surface area contributed by atoms with Crippen LogP contribution in [-0.4, -0.2) is 25.9 Å². The summed E-state index contributed by atoms with van der Waals surface area (Å²) in [6.45, 7) is 9.89. The lowest BCUT2D eigenvalue weighted by Crippen LogP contribution is -2.34. The minimum absolute atomic E-state index is 0.521. The molecule has 2 fully saturated rings. The molecule has 2 aliphatic rings. The Morgan fingerprint density at radius 2 is 1.80 bits per heavy atom. The topological polar surface area (TPSA) is 18.5 Å². The molecule has 2 saturated heterocycles. The molecule has 0 aliphatic carbocycles. The summed E-state index contributed by atoms with van der Waals surface area (Å²) in [5.74, 6) is 3.14. The van der Waals surface area contributed by atoms with Crippen molar-refractivity contribution in [1.29, 1.82) is 0 Å². The monoisotopic (exact) mass is 212 g/mol. The average molecular weight is 212 g/mol. The van der Waals surface area contributed by atoms with Gasteiger partial charge in [0.2, 0.25) is 0 Å². The molecule has 0 radical (unpaired) electrons. The third kappa shape index (κ3) is 2.73. The molecule has 0 bridgehead atoms. The van der Waals surface area contributed by atoms with Gasteiger partial charge >= 0.3 is 0 Å². The summed E-state index contributed by atoms with van der Waals surface area (Å²) in [4.78, 5) is 0. The van der Waals surface area contributed by atoms with E-state index in [0.717, 1.165) is 43.5 Å². The van der Waals surface area contributed by atoms with E-state index in [-0.39, 0.29) is 0 Å². The van der Waals surface area contributed by atoms with Crippen LogP contribution < -0.4 is 0 Å². The molecule has 2 heteroatoms. The van der Waals surface area contributed by atoms with Crippen molar-refractivity contribution in [3.63, 3.8) is 0 Å². The molecule has 3 unspecified atom stereocenters. The predicted octanol–water partition coefficient (Wildman–Crippen LogP) is 2.72. The molecule has 0 saturated carbocycles. The highest BCUT2D eigenvalue weighted by Crippen LogP contribution is 2.32. The molecular weight excluding hydrogens is 188 g/mol. The van der Waals surface area contributed by atoms with E-state index >= 15 is 0 Å². The van der Waals surface area contributed by atoms with Crippen molar-refractivity contribution in [1.82, 2.24) is 0 Å². The van der Waals surface area contributed by atoms with Gasteiger partial charge in [0.25, 0.3) is 0 Å². The molecule has 15 heavy (non-hydrogen) atoms. The molecule has 0 aromatic rings. The highest BCUT2D eigenvalue weighted by atomic mass is 16.5. The smallest absolute Gasteiger partial charge is 0.0581 e. The highest BCUT2D eigenvalue weighted by Gasteiger charge is 2.32. The molecule has 3 atom stereocenters. The molecule has 2 nitrogen and oxygen atoms in total. The number of ether oxygens (including phenoxy) is 2. The van der Waals surface area contributed by atoms with Crippen LogP contribution in [0.5, 0.6) is 0 Å². The zero-order valence-corrected chi connectivity index (χ0v) is 10.2. The van der Waals surface area contributed by atoms with Gasteiger partial charge in [0.1, 0.15) is 0 Å². The summed E-state index contributed by atoms with van der Waals surface area (Å²) in [7, 11) is 0. The van der Waals surface area contributed by atoms with Crippen LogP contribution in [-0.2, 0) is 9.47 Å². The van der Waals surface area contributed by atoms with Crippen molar-refractivity contribution < 1.29 is 9.47 Å². The van der Waals surface area contributed by atoms with Crippen LogP contribution in [0.25, 0.3) is 0 Å². The van der Waals surface area contributed by atoms with Crippen LogP contribution in [0.15, 0.2) is 0 Å². The van der Waals surface area contributed by atoms with Crippen LogP contribution in [0.4, 0.5) is 0 Å². The van der Waals surface area contributed by atoms with E-state index in [2.05, 4.69) is 20.8 Å². The number of hydrogen-bond acceptors (Lipinski definition) is 2. The summed E-state index contributed by atoms with van der Waals surface area (Å²) >= 11 is 0. The quantitative estimate of drug-likeness (QED) is 0.713. The van der Waals surface area contributed by atoms with Crippen LogP contribution >= 0.6 is 0 Å². The second-order valence-corrected chi connectivity index (χ2v) is 5.71. The zero-order valence-electron chi connectivity index (χ0n) is 10.2. The highest BCUT2D eigenvalue weighted by molar-refractivity contribution is 4.80. The van der Waals surface area contributed by atoms with E-state index in [9.17, 15) is 0 Å². The Bertz CT molecular complexity index is 199. The zero-order chi connectivity index (χ0) is 10.8. The largest absolute Gasteiger partial charge is 0.381 e. The first-order valence-corrected chi connectivity index (χ1v) is 6.36. The fourth-order valence-electron chi connectivity index (χ4n) is 2.55. The normalized spacial score (nSPS) is 34.4. The number of hydrogen-bond donors (Lipinski definition) is 0. The van der Waals surface area contributed by atoms with Crippen molar-refractivity contribution in [3.8, 4) is 0 Å². The average Bonchev–Trinajstić information content (AvgIpc) is 2.48. The van der Waals surface area contributed by atoms with Crippen molar-refractivity contribution in [2.75, 3.05) is 19.8 Å². The van der Waals surface area contributed by atoms with Gasteiger partial charge < -0.3 is 9.47 Å². The Morgan fingerprint density at radius 3 is 2.27 bits per heavy atom. The molecule has 2 rings (SSSR count). The van der Waals surface area contributed by atoms with Crippen molar-refractivity contribution >= 4 is 0 Å². The Morgan fingerprint density at radius 1 is 1.07 bits per heavy atom. The van der Waals surface area contributed by atoms with Crippen LogP contribution in [0, 0.1) is 23.7 Å². The van der Waals surface area contributed by atoms with E-state index < -0.39 is 0 Å². The maximum Gasteiger partial charge on any atom is 0.0581 e. The lowest BCUT2D eigenvalue weighted by Gasteiger charge is -2.32. The molecule has 0 amide bonds. The fraction of sp³-hybridized carbons (Fsp3) is 1.00. The van der Waals surface area contributed by atoms with Gasteiger partial charge in [-0.25, -0.2) is 0 Å². The summed E-state index contributed by atoms with van der Waals surface area (Å²) in [5.41, 5.74) is 0. The molecule has 2 heterocycles. The standard InChI is InChI=1S/C13H24O2/c1-9(2)11-5-13(15-8-11)4-10(3)12-6-14-7-12/h9-13H,4-8H2,1-3H3. The SMILES string of the molecule is CC(C)C1COC(CC(C)C2COC2)C1. The predicted molar refractivity (Wildman–Crippen MR) is 60.8 cm³/mol. The lowest BCUT2D eigenvalue weighted by atomic mass is 9.85. The summed E-state index contributed by atoms with van der Waals surface area (Å²) in [5, 5.41) is 0. The summed E-state index contributed by atoms with van der Waals surface area (Å²) in [6.07, 6.45) is 3.03. The maximum atomic E-state index is 5.88. The van der Waals surface area contributed by atoms with Gasteiger partial charge in [-0.3, -0.25) is 0 Å². The summed E-state index contributed by atoms with van der Waals surface area (Å²) in [6, 6.07) is 0. The molecular formula is C13H24O2. The minimum atomic E-state index is 0.521. The van der Waals surface area contributed by atoms with E-state index in [1.54, 1.807) is 0 Å². The van der Waals surface area contributed by atoms with Crippen LogP contribution in [0.2, 0.25) is 0 Å². The van der Waals surface area contributed by atoms with E-state index in [4.69, 9.17) is 9.47 Å². The second kappa shape index (κ2) is 4.84. The van der Waals surface area contributed by atoms with Gasteiger partial charge in [0.15, 0.2) is 0 Å². The first kappa shape index (κ1) is 11.4. The van der Waals surface area contributed by atoms with Gasteiger partial charge in [0, 0.05) is 5.92 Å². The van der Waals surface area contributed by atoms with Crippen LogP contribution in [0.3, 0.4) is 0 Å². The van der Waals surface area contributed by atoms with E-state index in [0.29, 0.717) is 6.10 Å². The molecule has 0 N–H and O–H groups in total. The van der Waals surface area contributed by atoms with Crippen molar-refractivity contribution in [2.24, 2.45) is 23.7 Å². The van der Waals surface area contributed by atoms with Crippen molar-refractivity contribution in [3.05, 3.63) is 0 Å². The minimum Gasteiger partial charge on any atom is -0.381 e. The third-order valence-corrected chi connectivity index (χ3v) is 4.16. The van der Waals surface area contributed by atoms with Crippen LogP contribution in [0.1, 0.15) is 33.6 Å². The first-order chi connectivity index (χ1) is 7.16. The Labute approximate surface area is 93.3 Å². The summed E-state index contributed by atoms with van der Waals surface area (Å²) < 4.78 is 11.1. The Kier molecular flexibility index (Phi) is 3.68. The molecule has 2 aliphatic heterocycles. The number of rotatable bonds is 4. The van der Waals surface area contributed by atoms with E-state index in [1.807, 2.05) is 0 Å².